The fourth-order valence-electron chi connectivity index (χ4n) is 3.65. The molecule has 2 heterocycles. The number of H-pyrrole nitrogens is 1. The highest BCUT2D eigenvalue weighted by Crippen LogP contribution is 2.28. The largest absolute Gasteiger partial charge is 0.461 e. The van der Waals surface area contributed by atoms with E-state index in [1.807, 2.05) is 72.8 Å². The third kappa shape index (κ3) is 4.19. The van der Waals surface area contributed by atoms with Crippen molar-refractivity contribution in [3.8, 4) is 17.0 Å². The molecule has 158 valence electrons. The smallest absolute Gasteiger partial charge is 0.226 e. The molecule has 7 heteroatoms. The first-order chi connectivity index (χ1) is 15.8. The van der Waals surface area contributed by atoms with Crippen molar-refractivity contribution in [2.75, 3.05) is 7.11 Å². The van der Waals surface area contributed by atoms with Crippen LogP contribution < -0.4 is 4.74 Å². The zero-order chi connectivity index (χ0) is 21.8. The van der Waals surface area contributed by atoms with Crippen LogP contribution in [0.25, 0.3) is 22.2 Å². The number of benzene rings is 3. The van der Waals surface area contributed by atoms with E-state index >= 15 is 0 Å². The van der Waals surface area contributed by atoms with E-state index in [4.69, 9.17) is 14.5 Å². The lowest BCUT2D eigenvalue weighted by Crippen LogP contribution is -2.12. The first-order valence-electron chi connectivity index (χ1n) is 10.3. The molecule has 32 heavy (non-hydrogen) atoms. The van der Waals surface area contributed by atoms with Gasteiger partial charge in [-0.3, -0.25) is 0 Å². The molecule has 0 saturated carbocycles. The lowest BCUT2D eigenvalue weighted by atomic mass is 10.0. The van der Waals surface area contributed by atoms with E-state index < -0.39 is 6.29 Å². The fourth-order valence-corrected chi connectivity index (χ4v) is 3.65. The second kappa shape index (κ2) is 8.95. The molecule has 1 N–H and O–H groups in total. The minimum absolute atomic E-state index is 0.530. The van der Waals surface area contributed by atoms with Crippen molar-refractivity contribution in [3.63, 3.8) is 0 Å². The predicted molar refractivity (Wildman–Crippen MR) is 121 cm³/mol. The van der Waals surface area contributed by atoms with Crippen LogP contribution in [0.3, 0.4) is 0 Å². The topological polar surface area (TPSA) is 85.8 Å². The summed E-state index contributed by atoms with van der Waals surface area (Å²) in [5.41, 5.74) is 4.85. The lowest BCUT2D eigenvalue weighted by Gasteiger charge is -2.20. The van der Waals surface area contributed by atoms with Crippen molar-refractivity contribution in [2.45, 2.75) is 12.7 Å². The number of para-hydroxylation sites is 1. The molecule has 0 aliphatic carbocycles. The predicted octanol–water partition coefficient (Wildman–Crippen LogP) is 4.73. The minimum atomic E-state index is -0.567. The standard InChI is InChI=1S/C25H21N5O2/c1-31-25(21-8-4-2-7-19(21)16-24-27-29-30-28-24)32-20-13-10-18(11-14-20)23-15-12-17-6-3-5-9-22(17)26-23/h2-15,25H,16H2,1H3,(H,27,28,29,30). The summed E-state index contributed by atoms with van der Waals surface area (Å²) in [7, 11) is 1.63. The zero-order valence-electron chi connectivity index (χ0n) is 17.5. The summed E-state index contributed by atoms with van der Waals surface area (Å²) in [6, 6.07) is 28.0. The molecule has 0 aliphatic rings. The fraction of sp³-hybridized carbons (Fsp3) is 0.120. The molecule has 3 aromatic carbocycles. The van der Waals surface area contributed by atoms with Crippen molar-refractivity contribution < 1.29 is 9.47 Å². The summed E-state index contributed by atoms with van der Waals surface area (Å²) < 4.78 is 11.8. The summed E-state index contributed by atoms with van der Waals surface area (Å²) >= 11 is 0. The summed E-state index contributed by atoms with van der Waals surface area (Å²) in [4.78, 5) is 4.76. The second-order valence-electron chi connectivity index (χ2n) is 7.30. The maximum absolute atomic E-state index is 6.16. The van der Waals surface area contributed by atoms with Gasteiger partial charge in [0.15, 0.2) is 5.82 Å². The first kappa shape index (κ1) is 19.8. The molecule has 0 fully saturated rings. The summed E-state index contributed by atoms with van der Waals surface area (Å²) in [6.07, 6.45) is -0.0367. The van der Waals surface area contributed by atoms with E-state index in [2.05, 4.69) is 32.8 Å². The summed E-state index contributed by atoms with van der Waals surface area (Å²) in [5, 5.41) is 15.3. The highest BCUT2D eigenvalue weighted by molar-refractivity contribution is 5.81. The second-order valence-corrected chi connectivity index (χ2v) is 7.30. The van der Waals surface area contributed by atoms with Crippen molar-refractivity contribution in [1.82, 2.24) is 25.6 Å². The third-order valence-corrected chi connectivity index (χ3v) is 5.25. The Bertz CT molecular complexity index is 1320. The van der Waals surface area contributed by atoms with Crippen LogP contribution in [0.5, 0.6) is 5.75 Å². The molecule has 0 bridgehead atoms. The number of rotatable bonds is 7. The molecular formula is C25H21N5O2. The van der Waals surface area contributed by atoms with Crippen LogP contribution in [-0.2, 0) is 11.2 Å². The Morgan fingerprint density at radius 3 is 2.50 bits per heavy atom. The number of tetrazole rings is 1. The van der Waals surface area contributed by atoms with Crippen molar-refractivity contribution in [2.24, 2.45) is 0 Å². The van der Waals surface area contributed by atoms with Crippen LogP contribution >= 0.6 is 0 Å². The molecule has 0 radical (unpaired) electrons. The van der Waals surface area contributed by atoms with E-state index in [-0.39, 0.29) is 0 Å². The van der Waals surface area contributed by atoms with Crippen LogP contribution in [0.2, 0.25) is 0 Å². The van der Waals surface area contributed by atoms with Crippen molar-refractivity contribution in [1.29, 1.82) is 0 Å². The number of ether oxygens (including phenoxy) is 2. The molecule has 7 nitrogen and oxygen atoms in total. The quantitative estimate of drug-likeness (QED) is 0.381. The SMILES string of the molecule is COC(Oc1ccc(-c2ccc3ccccc3n2)cc1)c1ccccc1Cc1nn[nH]n1. The summed E-state index contributed by atoms with van der Waals surface area (Å²) in [6.45, 7) is 0. The van der Waals surface area contributed by atoms with E-state index in [0.717, 1.165) is 33.3 Å². The molecule has 1 atom stereocenters. The minimum Gasteiger partial charge on any atom is -0.461 e. The molecule has 0 saturated heterocycles. The average Bonchev–Trinajstić information content (AvgIpc) is 3.36. The zero-order valence-corrected chi connectivity index (χ0v) is 17.5. The number of hydrogen-bond acceptors (Lipinski definition) is 6. The maximum Gasteiger partial charge on any atom is 0.226 e. The van der Waals surface area contributed by atoms with Gasteiger partial charge in [-0.05, 0) is 42.0 Å². The molecule has 5 rings (SSSR count). The van der Waals surface area contributed by atoms with Gasteiger partial charge in [0.1, 0.15) is 5.75 Å². The number of methoxy groups -OCH3 is 1. The number of fused-ring (bicyclic) bond motifs is 1. The maximum atomic E-state index is 6.16. The molecule has 2 aromatic heterocycles. The number of pyridine rings is 1. The lowest BCUT2D eigenvalue weighted by molar-refractivity contribution is -0.0567. The molecule has 0 spiro atoms. The van der Waals surface area contributed by atoms with Gasteiger partial charge in [-0.15, -0.1) is 10.2 Å². The first-order valence-corrected chi connectivity index (χ1v) is 10.3. The van der Waals surface area contributed by atoms with Gasteiger partial charge in [-0.25, -0.2) is 4.98 Å². The molecule has 0 amide bonds. The number of nitrogens with zero attached hydrogens (tertiary/aromatic N) is 4. The highest BCUT2D eigenvalue weighted by atomic mass is 16.7. The highest BCUT2D eigenvalue weighted by Gasteiger charge is 2.18. The van der Waals surface area contributed by atoms with Crippen molar-refractivity contribution >= 4 is 10.9 Å². The van der Waals surface area contributed by atoms with Crippen molar-refractivity contribution in [3.05, 3.63) is 102 Å². The Morgan fingerprint density at radius 2 is 1.69 bits per heavy atom. The average molecular weight is 423 g/mol. The van der Waals surface area contributed by atoms with E-state index in [1.165, 1.54) is 0 Å². The van der Waals surface area contributed by atoms with Crippen LogP contribution in [0.4, 0.5) is 0 Å². The summed E-state index contributed by atoms with van der Waals surface area (Å²) in [5.74, 6) is 1.32. The van der Waals surface area contributed by atoms with Gasteiger partial charge in [0.25, 0.3) is 0 Å². The number of aromatic nitrogens is 5. The Balaban J connectivity index is 1.36. The molecule has 5 aromatic rings. The van der Waals surface area contributed by atoms with E-state index in [0.29, 0.717) is 18.0 Å². The van der Waals surface area contributed by atoms with Gasteiger partial charge < -0.3 is 9.47 Å². The van der Waals surface area contributed by atoms with E-state index in [9.17, 15) is 0 Å². The van der Waals surface area contributed by atoms with Crippen LogP contribution in [0.1, 0.15) is 23.2 Å². The van der Waals surface area contributed by atoms with E-state index in [1.54, 1.807) is 7.11 Å². The van der Waals surface area contributed by atoms with Gasteiger partial charge in [-0.1, -0.05) is 53.7 Å². The Hall–Kier alpha value is -4.10. The normalized spacial score (nSPS) is 12.0. The van der Waals surface area contributed by atoms with Crippen LogP contribution in [-0.4, -0.2) is 32.7 Å². The Labute approximate surface area is 185 Å². The molecule has 0 aliphatic heterocycles. The Morgan fingerprint density at radius 1 is 0.875 bits per heavy atom. The van der Waals surface area contributed by atoms with Gasteiger partial charge in [0.05, 0.1) is 11.2 Å². The Kier molecular flexibility index (Phi) is 5.55. The van der Waals surface area contributed by atoms with Gasteiger partial charge >= 0.3 is 0 Å². The number of hydrogen-bond donors (Lipinski definition) is 1. The number of aromatic amines is 1. The number of nitrogens with one attached hydrogen (secondary N) is 1. The monoisotopic (exact) mass is 423 g/mol. The van der Waals surface area contributed by atoms with Gasteiger partial charge in [0, 0.05) is 30.0 Å². The van der Waals surface area contributed by atoms with Gasteiger partial charge in [0.2, 0.25) is 6.29 Å². The van der Waals surface area contributed by atoms with Crippen LogP contribution in [0, 0.1) is 0 Å². The third-order valence-electron chi connectivity index (χ3n) is 5.25. The van der Waals surface area contributed by atoms with Crippen LogP contribution in [0.15, 0.2) is 84.9 Å². The molecule has 1 unspecified atom stereocenters. The van der Waals surface area contributed by atoms with Gasteiger partial charge in [-0.2, -0.15) is 5.21 Å². The molecular weight excluding hydrogens is 402 g/mol.